The molecule has 3 rings (SSSR count). The van der Waals surface area contributed by atoms with E-state index in [-0.39, 0.29) is 11.7 Å². The van der Waals surface area contributed by atoms with Crippen molar-refractivity contribution >= 4 is 11.5 Å². The SMILES string of the molecule is N#Cc1ccc2c(c1)CCC1C=CCN=C1C2=O. The van der Waals surface area contributed by atoms with E-state index in [9.17, 15) is 4.79 Å². The summed E-state index contributed by atoms with van der Waals surface area (Å²) in [4.78, 5) is 16.8. The van der Waals surface area contributed by atoms with Gasteiger partial charge in [-0.05, 0) is 36.6 Å². The lowest BCUT2D eigenvalue weighted by Gasteiger charge is -2.14. The van der Waals surface area contributed by atoms with E-state index in [2.05, 4.69) is 17.1 Å². The standard InChI is InChI=1S/C15H12N2O/c16-9-10-3-6-13-12(8-10)5-4-11-2-1-7-17-14(11)15(13)18/h1-3,6,8,11H,4-5,7H2. The molecule has 1 atom stereocenters. The molecule has 0 aromatic heterocycles. The minimum absolute atomic E-state index is 0.0290. The lowest BCUT2D eigenvalue weighted by Crippen LogP contribution is -2.23. The highest BCUT2D eigenvalue weighted by Crippen LogP contribution is 2.26. The van der Waals surface area contributed by atoms with Crippen LogP contribution in [-0.2, 0) is 6.42 Å². The Morgan fingerprint density at radius 1 is 1.39 bits per heavy atom. The topological polar surface area (TPSA) is 53.2 Å². The fourth-order valence-electron chi connectivity index (χ4n) is 2.60. The van der Waals surface area contributed by atoms with E-state index in [1.54, 1.807) is 12.1 Å². The summed E-state index contributed by atoms with van der Waals surface area (Å²) < 4.78 is 0. The maximum absolute atomic E-state index is 12.4. The zero-order valence-electron chi connectivity index (χ0n) is 9.89. The number of ketones is 1. The van der Waals surface area contributed by atoms with E-state index >= 15 is 0 Å². The van der Waals surface area contributed by atoms with Crippen LogP contribution in [0.2, 0.25) is 0 Å². The Balaban J connectivity index is 2.10. The lowest BCUT2D eigenvalue weighted by atomic mass is 9.94. The second-order valence-corrected chi connectivity index (χ2v) is 4.61. The number of hydrogen-bond donors (Lipinski definition) is 0. The number of fused-ring (bicyclic) bond motifs is 2. The number of aliphatic imine (C=N–C) groups is 1. The number of aryl methyl sites for hydroxylation is 1. The Labute approximate surface area is 105 Å². The van der Waals surface area contributed by atoms with Crippen LogP contribution in [0.5, 0.6) is 0 Å². The lowest BCUT2D eigenvalue weighted by molar-refractivity contribution is 0.106. The number of allylic oxidation sites excluding steroid dienone is 1. The molecule has 3 heteroatoms. The number of benzene rings is 1. The Bertz CT molecular complexity index is 620. The summed E-state index contributed by atoms with van der Waals surface area (Å²) in [5.41, 5.74) is 2.99. The first-order valence-corrected chi connectivity index (χ1v) is 6.08. The molecular weight excluding hydrogens is 224 g/mol. The van der Waals surface area contributed by atoms with Crippen LogP contribution in [0.1, 0.15) is 27.9 Å². The number of dihydropyridines is 1. The molecule has 1 aromatic carbocycles. The van der Waals surface area contributed by atoms with Gasteiger partial charge in [-0.1, -0.05) is 12.2 Å². The molecule has 0 spiro atoms. The van der Waals surface area contributed by atoms with Crippen molar-refractivity contribution in [1.82, 2.24) is 0 Å². The average Bonchev–Trinajstić information content (AvgIpc) is 2.57. The third-order valence-corrected chi connectivity index (χ3v) is 3.52. The minimum Gasteiger partial charge on any atom is -0.287 e. The van der Waals surface area contributed by atoms with Gasteiger partial charge in [0, 0.05) is 11.5 Å². The molecule has 1 heterocycles. The highest BCUT2D eigenvalue weighted by Gasteiger charge is 2.28. The van der Waals surface area contributed by atoms with Crippen molar-refractivity contribution in [2.75, 3.05) is 6.54 Å². The number of carbonyl (C=O) groups is 1. The molecule has 3 nitrogen and oxygen atoms in total. The number of nitrogens with zero attached hydrogens (tertiary/aromatic N) is 2. The molecule has 0 fully saturated rings. The largest absolute Gasteiger partial charge is 0.287 e. The van der Waals surface area contributed by atoms with Gasteiger partial charge >= 0.3 is 0 Å². The Morgan fingerprint density at radius 3 is 3.11 bits per heavy atom. The normalized spacial score (nSPS) is 21.4. The maximum atomic E-state index is 12.4. The summed E-state index contributed by atoms with van der Waals surface area (Å²) in [6.45, 7) is 0.600. The maximum Gasteiger partial charge on any atom is 0.207 e. The highest BCUT2D eigenvalue weighted by molar-refractivity contribution is 6.47. The molecule has 0 saturated carbocycles. The first kappa shape index (κ1) is 10.9. The summed E-state index contributed by atoms with van der Waals surface area (Å²) in [6, 6.07) is 7.42. The molecule has 2 aliphatic rings. The second-order valence-electron chi connectivity index (χ2n) is 4.61. The first-order valence-electron chi connectivity index (χ1n) is 6.08. The van der Waals surface area contributed by atoms with Crippen molar-refractivity contribution in [3.63, 3.8) is 0 Å². The minimum atomic E-state index is 0.0290. The van der Waals surface area contributed by atoms with E-state index in [0.29, 0.717) is 23.4 Å². The summed E-state index contributed by atoms with van der Waals surface area (Å²) in [5.74, 6) is 0.172. The zero-order chi connectivity index (χ0) is 12.5. The predicted molar refractivity (Wildman–Crippen MR) is 68.7 cm³/mol. The number of hydrogen-bond acceptors (Lipinski definition) is 3. The van der Waals surface area contributed by atoms with Crippen molar-refractivity contribution in [1.29, 1.82) is 5.26 Å². The Hall–Kier alpha value is -2.21. The fraction of sp³-hybridized carbons (Fsp3) is 0.267. The molecule has 1 aromatic rings. The third kappa shape index (κ3) is 1.67. The Kier molecular flexibility index (Phi) is 2.56. The van der Waals surface area contributed by atoms with Crippen LogP contribution in [0, 0.1) is 17.2 Å². The molecule has 0 radical (unpaired) electrons. The smallest absolute Gasteiger partial charge is 0.207 e. The molecule has 0 N–H and O–H groups in total. The summed E-state index contributed by atoms with van der Waals surface area (Å²) in [7, 11) is 0. The number of Topliss-reactive ketones (excluding diaryl/α,β-unsaturated/α-hetero) is 1. The van der Waals surface area contributed by atoms with Crippen molar-refractivity contribution in [2.45, 2.75) is 12.8 Å². The van der Waals surface area contributed by atoms with E-state index in [1.807, 2.05) is 12.1 Å². The van der Waals surface area contributed by atoms with Gasteiger partial charge in [-0.3, -0.25) is 9.79 Å². The molecule has 1 aliphatic heterocycles. The van der Waals surface area contributed by atoms with Crippen LogP contribution in [-0.4, -0.2) is 18.0 Å². The predicted octanol–water partition coefficient (Wildman–Crippen LogP) is 2.31. The van der Waals surface area contributed by atoms with Gasteiger partial charge in [-0.25, -0.2) is 0 Å². The fourth-order valence-corrected chi connectivity index (χ4v) is 2.60. The van der Waals surface area contributed by atoms with Crippen LogP contribution in [0.25, 0.3) is 0 Å². The van der Waals surface area contributed by atoms with Gasteiger partial charge < -0.3 is 0 Å². The number of nitriles is 1. The number of rotatable bonds is 0. The third-order valence-electron chi connectivity index (χ3n) is 3.52. The molecular formula is C15H12N2O. The zero-order valence-corrected chi connectivity index (χ0v) is 9.89. The summed E-state index contributed by atoms with van der Waals surface area (Å²) in [6.07, 6.45) is 5.81. The molecule has 0 bridgehead atoms. The number of carbonyl (C=O) groups excluding carboxylic acids is 1. The molecule has 1 aliphatic carbocycles. The van der Waals surface area contributed by atoms with E-state index in [1.165, 1.54) is 0 Å². The van der Waals surface area contributed by atoms with Crippen molar-refractivity contribution in [3.05, 3.63) is 47.0 Å². The molecule has 18 heavy (non-hydrogen) atoms. The van der Waals surface area contributed by atoms with Gasteiger partial charge in [-0.2, -0.15) is 5.26 Å². The second kappa shape index (κ2) is 4.23. The van der Waals surface area contributed by atoms with Crippen molar-refractivity contribution in [2.24, 2.45) is 10.9 Å². The van der Waals surface area contributed by atoms with Crippen LogP contribution >= 0.6 is 0 Å². The highest BCUT2D eigenvalue weighted by atomic mass is 16.1. The van der Waals surface area contributed by atoms with Gasteiger partial charge in [0.05, 0.1) is 23.9 Å². The van der Waals surface area contributed by atoms with E-state index in [0.717, 1.165) is 18.4 Å². The van der Waals surface area contributed by atoms with Crippen molar-refractivity contribution in [3.8, 4) is 6.07 Å². The van der Waals surface area contributed by atoms with Crippen LogP contribution in [0.4, 0.5) is 0 Å². The van der Waals surface area contributed by atoms with Crippen molar-refractivity contribution < 1.29 is 4.79 Å². The van der Waals surface area contributed by atoms with Gasteiger partial charge in [0.2, 0.25) is 5.78 Å². The molecule has 0 saturated heterocycles. The van der Waals surface area contributed by atoms with Gasteiger partial charge in [0.1, 0.15) is 0 Å². The van der Waals surface area contributed by atoms with Gasteiger partial charge in [0.15, 0.2) is 0 Å². The summed E-state index contributed by atoms with van der Waals surface area (Å²) >= 11 is 0. The van der Waals surface area contributed by atoms with Gasteiger partial charge in [-0.15, -0.1) is 0 Å². The Morgan fingerprint density at radius 2 is 2.28 bits per heavy atom. The summed E-state index contributed by atoms with van der Waals surface area (Å²) in [5, 5.41) is 8.91. The van der Waals surface area contributed by atoms with Crippen LogP contribution < -0.4 is 0 Å². The molecule has 1 unspecified atom stereocenters. The quantitative estimate of drug-likeness (QED) is 0.649. The van der Waals surface area contributed by atoms with Crippen LogP contribution in [0.3, 0.4) is 0 Å². The van der Waals surface area contributed by atoms with Crippen LogP contribution in [0.15, 0.2) is 35.3 Å². The molecule has 88 valence electrons. The van der Waals surface area contributed by atoms with Gasteiger partial charge in [0.25, 0.3) is 0 Å². The average molecular weight is 236 g/mol. The van der Waals surface area contributed by atoms with E-state index < -0.39 is 0 Å². The monoisotopic (exact) mass is 236 g/mol. The first-order chi connectivity index (χ1) is 8.79. The van der Waals surface area contributed by atoms with E-state index in [4.69, 9.17) is 5.26 Å². The molecule has 0 amide bonds.